The monoisotopic (exact) mass is 274 g/mol. The fourth-order valence-corrected chi connectivity index (χ4v) is 3.14. The van der Waals surface area contributed by atoms with Gasteiger partial charge in [-0.25, -0.2) is 0 Å². The molecular formula is C16H22N2O2. The second kappa shape index (κ2) is 5.94. The summed E-state index contributed by atoms with van der Waals surface area (Å²) in [6.07, 6.45) is 4.54. The molecule has 1 heterocycles. The van der Waals surface area contributed by atoms with Crippen LogP contribution in [0.1, 0.15) is 53.6 Å². The first-order valence-electron chi connectivity index (χ1n) is 7.55. The number of nitrogens with one attached hydrogen (secondary N) is 2. The number of carbonyl (C=O) groups is 1. The zero-order valence-corrected chi connectivity index (χ0v) is 11.7. The molecule has 0 radical (unpaired) electrons. The second-order valence-corrected chi connectivity index (χ2v) is 5.87. The minimum absolute atomic E-state index is 0.0642. The molecule has 108 valence electrons. The van der Waals surface area contributed by atoms with Gasteiger partial charge in [0.2, 0.25) is 0 Å². The Labute approximate surface area is 119 Å². The second-order valence-electron chi connectivity index (χ2n) is 5.87. The van der Waals surface area contributed by atoms with Crippen molar-refractivity contribution in [1.29, 1.82) is 0 Å². The number of hydrogen-bond donors (Lipinski definition) is 3. The average Bonchev–Trinajstić information content (AvgIpc) is 2.83. The van der Waals surface area contributed by atoms with Gasteiger partial charge >= 0.3 is 0 Å². The van der Waals surface area contributed by atoms with E-state index in [1.54, 1.807) is 0 Å². The Morgan fingerprint density at radius 1 is 1.15 bits per heavy atom. The lowest BCUT2D eigenvalue weighted by molar-refractivity contribution is 0.0818. The van der Waals surface area contributed by atoms with E-state index in [-0.39, 0.29) is 11.9 Å². The van der Waals surface area contributed by atoms with Crippen molar-refractivity contribution in [2.45, 2.75) is 57.3 Å². The van der Waals surface area contributed by atoms with E-state index in [2.05, 4.69) is 10.6 Å². The van der Waals surface area contributed by atoms with Crippen LogP contribution in [0.15, 0.2) is 18.2 Å². The van der Waals surface area contributed by atoms with Gasteiger partial charge in [-0.3, -0.25) is 4.79 Å². The summed E-state index contributed by atoms with van der Waals surface area (Å²) >= 11 is 0. The van der Waals surface area contributed by atoms with Crippen molar-refractivity contribution in [3.8, 4) is 0 Å². The molecule has 0 aromatic heterocycles. The van der Waals surface area contributed by atoms with Crippen LogP contribution in [0.2, 0.25) is 0 Å². The molecular weight excluding hydrogens is 252 g/mol. The summed E-state index contributed by atoms with van der Waals surface area (Å²) in [4.78, 5) is 12.3. The molecule has 1 amide bonds. The predicted octanol–water partition coefficient (Wildman–Crippen LogP) is 1.71. The van der Waals surface area contributed by atoms with Crippen LogP contribution in [0, 0.1) is 0 Å². The van der Waals surface area contributed by atoms with Crippen molar-refractivity contribution in [2.24, 2.45) is 0 Å². The molecule has 2 unspecified atom stereocenters. The molecule has 0 spiro atoms. The zero-order chi connectivity index (χ0) is 13.9. The van der Waals surface area contributed by atoms with E-state index in [0.717, 1.165) is 45.2 Å². The van der Waals surface area contributed by atoms with E-state index >= 15 is 0 Å². The number of fused-ring (bicyclic) bond motifs is 1. The van der Waals surface area contributed by atoms with Crippen molar-refractivity contribution in [2.75, 3.05) is 0 Å². The third kappa shape index (κ3) is 2.86. The fraction of sp³-hybridized carbons (Fsp3) is 0.562. The number of rotatable bonds is 2. The lowest BCUT2D eigenvalue weighted by Gasteiger charge is -2.21. The minimum Gasteiger partial charge on any atom is -0.391 e. The first-order valence-corrected chi connectivity index (χ1v) is 7.55. The van der Waals surface area contributed by atoms with Crippen LogP contribution in [-0.2, 0) is 13.1 Å². The Morgan fingerprint density at radius 2 is 1.95 bits per heavy atom. The molecule has 4 heteroatoms. The van der Waals surface area contributed by atoms with E-state index in [0.29, 0.717) is 5.56 Å². The predicted molar refractivity (Wildman–Crippen MR) is 77.3 cm³/mol. The Balaban J connectivity index is 1.69. The highest BCUT2D eigenvalue weighted by Crippen LogP contribution is 2.20. The summed E-state index contributed by atoms with van der Waals surface area (Å²) in [7, 11) is 0. The number of hydrogen-bond acceptors (Lipinski definition) is 3. The number of carbonyl (C=O) groups excluding carboxylic acids is 1. The topological polar surface area (TPSA) is 61.4 Å². The number of aliphatic hydroxyl groups is 1. The molecule has 3 N–H and O–H groups in total. The maximum absolute atomic E-state index is 12.3. The molecule has 2 atom stereocenters. The first kappa shape index (κ1) is 13.6. The SMILES string of the molecule is O=C(NC1CCCCCC1O)c1ccc2c(c1)CNC2. The highest BCUT2D eigenvalue weighted by atomic mass is 16.3. The summed E-state index contributed by atoms with van der Waals surface area (Å²) in [6, 6.07) is 5.77. The molecule has 1 aliphatic carbocycles. The molecule has 1 fully saturated rings. The van der Waals surface area contributed by atoms with Gasteiger partial charge in [0.15, 0.2) is 0 Å². The molecule has 1 aromatic rings. The molecule has 4 nitrogen and oxygen atoms in total. The Kier molecular flexibility index (Phi) is 4.03. The third-order valence-electron chi connectivity index (χ3n) is 4.40. The summed E-state index contributed by atoms with van der Waals surface area (Å²) in [5.74, 6) is -0.0642. The van der Waals surface area contributed by atoms with Crippen LogP contribution in [0.5, 0.6) is 0 Å². The van der Waals surface area contributed by atoms with Crippen molar-refractivity contribution in [1.82, 2.24) is 10.6 Å². The van der Waals surface area contributed by atoms with Crippen molar-refractivity contribution in [3.63, 3.8) is 0 Å². The van der Waals surface area contributed by atoms with E-state index in [4.69, 9.17) is 0 Å². The van der Waals surface area contributed by atoms with Crippen LogP contribution in [0.25, 0.3) is 0 Å². The Hall–Kier alpha value is -1.39. The quantitative estimate of drug-likeness (QED) is 0.720. The molecule has 20 heavy (non-hydrogen) atoms. The Bertz CT molecular complexity index is 501. The maximum atomic E-state index is 12.3. The maximum Gasteiger partial charge on any atom is 0.251 e. The summed E-state index contributed by atoms with van der Waals surface area (Å²) in [5, 5.41) is 16.4. The fourth-order valence-electron chi connectivity index (χ4n) is 3.14. The highest BCUT2D eigenvalue weighted by Gasteiger charge is 2.24. The van der Waals surface area contributed by atoms with Gasteiger partial charge in [0.1, 0.15) is 0 Å². The van der Waals surface area contributed by atoms with E-state index < -0.39 is 6.10 Å². The van der Waals surface area contributed by atoms with Gasteiger partial charge in [0, 0.05) is 18.7 Å². The van der Waals surface area contributed by atoms with Gasteiger partial charge in [0.05, 0.1) is 12.1 Å². The van der Waals surface area contributed by atoms with E-state index in [9.17, 15) is 9.90 Å². The largest absolute Gasteiger partial charge is 0.391 e. The normalized spacial score (nSPS) is 25.9. The summed E-state index contributed by atoms with van der Waals surface area (Å²) < 4.78 is 0. The first-order chi connectivity index (χ1) is 9.74. The van der Waals surface area contributed by atoms with Crippen LogP contribution < -0.4 is 10.6 Å². The van der Waals surface area contributed by atoms with Crippen molar-refractivity contribution < 1.29 is 9.90 Å². The number of amides is 1. The molecule has 1 aromatic carbocycles. The summed E-state index contributed by atoms with van der Waals surface area (Å²) in [6.45, 7) is 1.72. The van der Waals surface area contributed by atoms with Gasteiger partial charge in [-0.2, -0.15) is 0 Å². The standard InChI is InChI=1S/C16H22N2O2/c19-15-5-3-1-2-4-14(15)18-16(20)11-6-7-12-9-17-10-13(12)8-11/h6-8,14-15,17,19H,1-5,9-10H2,(H,18,20). The zero-order valence-electron chi connectivity index (χ0n) is 11.7. The van der Waals surface area contributed by atoms with E-state index in [1.165, 1.54) is 11.1 Å². The molecule has 3 rings (SSSR count). The van der Waals surface area contributed by atoms with Crippen LogP contribution >= 0.6 is 0 Å². The Morgan fingerprint density at radius 3 is 2.85 bits per heavy atom. The molecule has 0 bridgehead atoms. The van der Waals surface area contributed by atoms with Crippen LogP contribution in [0.3, 0.4) is 0 Å². The van der Waals surface area contributed by atoms with Gasteiger partial charge in [-0.15, -0.1) is 0 Å². The smallest absolute Gasteiger partial charge is 0.251 e. The van der Waals surface area contributed by atoms with Crippen LogP contribution in [0.4, 0.5) is 0 Å². The minimum atomic E-state index is -0.405. The lowest BCUT2D eigenvalue weighted by atomic mass is 10.0. The van der Waals surface area contributed by atoms with Gasteiger partial charge < -0.3 is 15.7 Å². The molecule has 1 saturated carbocycles. The third-order valence-corrected chi connectivity index (χ3v) is 4.40. The molecule has 0 saturated heterocycles. The highest BCUT2D eigenvalue weighted by molar-refractivity contribution is 5.94. The number of aliphatic hydroxyl groups excluding tert-OH is 1. The van der Waals surface area contributed by atoms with E-state index in [1.807, 2.05) is 18.2 Å². The lowest BCUT2D eigenvalue weighted by Crippen LogP contribution is -2.42. The average molecular weight is 274 g/mol. The van der Waals surface area contributed by atoms with Gasteiger partial charge in [-0.1, -0.05) is 25.3 Å². The van der Waals surface area contributed by atoms with Gasteiger partial charge in [-0.05, 0) is 36.1 Å². The van der Waals surface area contributed by atoms with Crippen molar-refractivity contribution in [3.05, 3.63) is 34.9 Å². The van der Waals surface area contributed by atoms with Gasteiger partial charge in [0.25, 0.3) is 5.91 Å². The van der Waals surface area contributed by atoms with Crippen LogP contribution in [-0.4, -0.2) is 23.2 Å². The molecule has 1 aliphatic heterocycles. The molecule has 2 aliphatic rings. The summed E-state index contributed by atoms with van der Waals surface area (Å²) in [5.41, 5.74) is 3.18. The van der Waals surface area contributed by atoms with Crippen molar-refractivity contribution >= 4 is 5.91 Å². The number of benzene rings is 1.